The number of hydrogen-bond acceptors (Lipinski definition) is 4. The molecule has 114 valence electrons. The number of nitrogens with zero attached hydrogens (tertiary/aromatic N) is 1. The van der Waals surface area contributed by atoms with Crippen LogP contribution in [0.15, 0.2) is 28.7 Å². The molecule has 0 N–H and O–H groups in total. The van der Waals surface area contributed by atoms with Crippen LogP contribution in [-0.2, 0) is 4.74 Å². The number of esters is 1. The summed E-state index contributed by atoms with van der Waals surface area (Å²) in [4.78, 5) is 14.2. The number of hydrogen-bond donors (Lipinski definition) is 0. The maximum atomic E-state index is 12.1. The van der Waals surface area contributed by atoms with E-state index in [9.17, 15) is 4.79 Å². The first-order chi connectivity index (χ1) is 9.77. The van der Waals surface area contributed by atoms with Gasteiger partial charge in [0.2, 0.25) is 5.76 Å². The molecule has 0 aliphatic heterocycles. The maximum absolute atomic E-state index is 12.1. The molecule has 2 rings (SSSR count). The number of benzene rings is 1. The average Bonchev–Trinajstić information content (AvgIpc) is 2.77. The predicted molar refractivity (Wildman–Crippen MR) is 83.6 cm³/mol. The molecule has 1 aromatic carbocycles. The fourth-order valence-corrected chi connectivity index (χ4v) is 2.50. The monoisotopic (exact) mass is 289 g/mol. The molecule has 0 unspecified atom stereocenters. The molecule has 4 heteroatoms. The van der Waals surface area contributed by atoms with Gasteiger partial charge in [0.05, 0.1) is 6.61 Å². The average molecular weight is 289 g/mol. The van der Waals surface area contributed by atoms with Gasteiger partial charge in [-0.15, -0.1) is 0 Å². The number of carbonyl (C=O) groups is 1. The second kappa shape index (κ2) is 5.90. The zero-order chi connectivity index (χ0) is 15.6. The molecule has 0 bridgehead atoms. The first-order valence-corrected chi connectivity index (χ1v) is 7.09. The summed E-state index contributed by atoms with van der Waals surface area (Å²) < 4.78 is 10.9. The molecule has 0 aliphatic rings. The number of ether oxygens (including phenoxy) is 1. The second-order valence-corrected chi connectivity index (χ2v) is 6.63. The number of fused-ring (bicyclic) bond motifs is 1. The Hall–Kier alpha value is -1.81. The quantitative estimate of drug-likeness (QED) is 0.790. The van der Waals surface area contributed by atoms with E-state index >= 15 is 0 Å². The molecule has 0 spiro atoms. The largest absolute Gasteiger partial charge is 0.459 e. The van der Waals surface area contributed by atoms with E-state index in [1.165, 1.54) is 0 Å². The highest BCUT2D eigenvalue weighted by Gasteiger charge is 2.23. The number of aryl methyl sites for hydroxylation is 1. The van der Waals surface area contributed by atoms with Gasteiger partial charge in [-0.2, -0.15) is 0 Å². The second-order valence-electron chi connectivity index (χ2n) is 6.63. The van der Waals surface area contributed by atoms with E-state index in [0.29, 0.717) is 12.2 Å². The van der Waals surface area contributed by atoms with Gasteiger partial charge >= 0.3 is 5.97 Å². The summed E-state index contributed by atoms with van der Waals surface area (Å²) in [6.45, 7) is 7.36. The Bertz CT molecular complexity index is 641. The molecule has 21 heavy (non-hydrogen) atoms. The van der Waals surface area contributed by atoms with E-state index in [1.807, 2.05) is 39.2 Å². The topological polar surface area (TPSA) is 42.7 Å². The number of rotatable bonds is 5. The highest BCUT2D eigenvalue weighted by molar-refractivity contribution is 5.92. The highest BCUT2D eigenvalue weighted by Crippen LogP contribution is 2.22. The third-order valence-electron chi connectivity index (χ3n) is 3.21. The van der Waals surface area contributed by atoms with Crippen LogP contribution in [0.4, 0.5) is 0 Å². The summed E-state index contributed by atoms with van der Waals surface area (Å²) in [5.74, 6) is -0.146. The van der Waals surface area contributed by atoms with Crippen molar-refractivity contribution < 1.29 is 13.9 Å². The summed E-state index contributed by atoms with van der Waals surface area (Å²) in [6.07, 6.45) is 0. The fraction of sp³-hybridized carbons (Fsp3) is 0.471. The molecule has 1 heterocycles. The summed E-state index contributed by atoms with van der Waals surface area (Å²) in [7, 11) is 4.01. The van der Waals surface area contributed by atoms with E-state index < -0.39 is 5.97 Å². The molecule has 4 nitrogen and oxygen atoms in total. The Morgan fingerprint density at radius 1 is 1.29 bits per heavy atom. The van der Waals surface area contributed by atoms with Gasteiger partial charge in [-0.25, -0.2) is 4.79 Å². The molecule has 0 saturated carbocycles. The van der Waals surface area contributed by atoms with Crippen LogP contribution in [0.5, 0.6) is 0 Å². The molecular weight excluding hydrogens is 266 g/mol. The lowest BCUT2D eigenvalue weighted by Gasteiger charge is -2.27. The Kier molecular flexibility index (Phi) is 4.37. The molecule has 0 radical (unpaired) electrons. The van der Waals surface area contributed by atoms with E-state index in [0.717, 1.165) is 17.5 Å². The summed E-state index contributed by atoms with van der Waals surface area (Å²) >= 11 is 0. The van der Waals surface area contributed by atoms with Crippen molar-refractivity contribution in [3.63, 3.8) is 0 Å². The van der Waals surface area contributed by atoms with Crippen LogP contribution in [-0.4, -0.2) is 38.1 Å². The predicted octanol–water partition coefficient (Wildman–Crippen LogP) is 3.49. The van der Waals surface area contributed by atoms with Gasteiger partial charge in [0.25, 0.3) is 0 Å². The van der Waals surface area contributed by atoms with Crippen molar-refractivity contribution in [1.82, 2.24) is 4.90 Å². The Morgan fingerprint density at radius 2 is 2.00 bits per heavy atom. The van der Waals surface area contributed by atoms with Crippen molar-refractivity contribution >= 4 is 16.9 Å². The van der Waals surface area contributed by atoms with Crippen molar-refractivity contribution in [3.8, 4) is 0 Å². The molecule has 0 atom stereocenters. The van der Waals surface area contributed by atoms with Crippen LogP contribution in [0.2, 0.25) is 0 Å². The van der Waals surface area contributed by atoms with Crippen LogP contribution in [0, 0.1) is 12.3 Å². The van der Waals surface area contributed by atoms with Crippen LogP contribution < -0.4 is 0 Å². The molecule has 2 aromatic rings. The standard InChI is InChI=1S/C17H23NO3/c1-12-6-7-14-13(8-12)9-15(21-14)16(19)20-11-17(2,3)10-18(4)5/h6-9H,10-11H2,1-5H3. The van der Waals surface area contributed by atoms with E-state index in [-0.39, 0.29) is 11.2 Å². The third-order valence-corrected chi connectivity index (χ3v) is 3.21. The summed E-state index contributed by atoms with van der Waals surface area (Å²) in [5, 5.41) is 0.925. The molecule has 0 aliphatic carbocycles. The minimum atomic E-state index is -0.407. The first kappa shape index (κ1) is 15.6. The first-order valence-electron chi connectivity index (χ1n) is 7.09. The Balaban J connectivity index is 2.05. The normalized spacial score (nSPS) is 12.1. The number of carbonyl (C=O) groups excluding carboxylic acids is 1. The van der Waals surface area contributed by atoms with Crippen LogP contribution in [0.25, 0.3) is 11.0 Å². The van der Waals surface area contributed by atoms with Gasteiger partial charge in [0.15, 0.2) is 0 Å². The summed E-state index contributed by atoms with van der Waals surface area (Å²) in [6, 6.07) is 7.56. The van der Waals surface area contributed by atoms with Crippen LogP contribution in [0.3, 0.4) is 0 Å². The molecule has 0 amide bonds. The molecular formula is C17H23NO3. The van der Waals surface area contributed by atoms with Crippen molar-refractivity contribution in [3.05, 3.63) is 35.6 Å². The van der Waals surface area contributed by atoms with Crippen molar-refractivity contribution in [2.75, 3.05) is 27.2 Å². The maximum Gasteiger partial charge on any atom is 0.374 e. The van der Waals surface area contributed by atoms with Gasteiger partial charge in [-0.3, -0.25) is 0 Å². The summed E-state index contributed by atoms with van der Waals surface area (Å²) in [5.41, 5.74) is 1.75. The zero-order valence-corrected chi connectivity index (χ0v) is 13.4. The minimum absolute atomic E-state index is 0.0955. The van der Waals surface area contributed by atoms with Gasteiger partial charge in [-0.1, -0.05) is 25.5 Å². The van der Waals surface area contributed by atoms with E-state index in [4.69, 9.17) is 9.15 Å². The lowest BCUT2D eigenvalue weighted by Crippen LogP contribution is -2.33. The molecule has 0 saturated heterocycles. The van der Waals surface area contributed by atoms with Crippen LogP contribution in [0.1, 0.15) is 30.0 Å². The van der Waals surface area contributed by atoms with Crippen molar-refractivity contribution in [2.24, 2.45) is 5.41 Å². The lowest BCUT2D eigenvalue weighted by molar-refractivity contribution is 0.0267. The Morgan fingerprint density at radius 3 is 2.67 bits per heavy atom. The van der Waals surface area contributed by atoms with Gasteiger partial charge in [0, 0.05) is 17.3 Å². The molecule has 0 fully saturated rings. The highest BCUT2D eigenvalue weighted by atomic mass is 16.5. The Labute approximate surface area is 125 Å². The van der Waals surface area contributed by atoms with Crippen molar-refractivity contribution in [1.29, 1.82) is 0 Å². The lowest BCUT2D eigenvalue weighted by atomic mass is 9.94. The van der Waals surface area contributed by atoms with Gasteiger partial charge in [0.1, 0.15) is 5.58 Å². The third kappa shape index (κ3) is 4.08. The smallest absolute Gasteiger partial charge is 0.374 e. The van der Waals surface area contributed by atoms with E-state index in [1.54, 1.807) is 6.07 Å². The molecule has 1 aromatic heterocycles. The van der Waals surface area contributed by atoms with Crippen molar-refractivity contribution in [2.45, 2.75) is 20.8 Å². The SMILES string of the molecule is Cc1ccc2oc(C(=O)OCC(C)(C)CN(C)C)cc2c1. The van der Waals surface area contributed by atoms with E-state index in [2.05, 4.69) is 18.7 Å². The van der Waals surface area contributed by atoms with Gasteiger partial charge < -0.3 is 14.1 Å². The van der Waals surface area contributed by atoms with Gasteiger partial charge in [-0.05, 0) is 39.2 Å². The van der Waals surface area contributed by atoms with Crippen LogP contribution >= 0.6 is 0 Å². The minimum Gasteiger partial charge on any atom is -0.459 e. The fourth-order valence-electron chi connectivity index (χ4n) is 2.50. The zero-order valence-electron chi connectivity index (χ0n) is 13.4. The number of furan rings is 1.